The fourth-order valence-electron chi connectivity index (χ4n) is 3.73. The summed E-state index contributed by atoms with van der Waals surface area (Å²) in [5.41, 5.74) is 1.28. The molecule has 0 radical (unpaired) electrons. The van der Waals surface area contributed by atoms with E-state index in [-0.39, 0.29) is 5.91 Å². The lowest BCUT2D eigenvalue weighted by Gasteiger charge is -2.32. The fourth-order valence-corrected chi connectivity index (χ4v) is 3.73. The summed E-state index contributed by atoms with van der Waals surface area (Å²) in [5, 5.41) is 3.20. The van der Waals surface area contributed by atoms with Crippen LogP contribution < -0.4 is 10.1 Å². The van der Waals surface area contributed by atoms with E-state index in [1.54, 1.807) is 7.11 Å². The highest BCUT2D eigenvalue weighted by Crippen LogP contribution is 2.19. The Morgan fingerprint density at radius 1 is 1.32 bits per heavy atom. The Labute approximate surface area is 150 Å². The molecule has 2 aliphatic rings. The maximum Gasteiger partial charge on any atom is 0.220 e. The molecule has 5 nitrogen and oxygen atoms in total. The number of likely N-dealkylation sites (tertiary alicyclic amines) is 1. The molecule has 2 aliphatic heterocycles. The third kappa shape index (κ3) is 5.72. The van der Waals surface area contributed by atoms with Gasteiger partial charge in [0.15, 0.2) is 0 Å². The highest BCUT2D eigenvalue weighted by atomic mass is 16.5. The van der Waals surface area contributed by atoms with Crippen molar-refractivity contribution in [3.05, 3.63) is 29.8 Å². The maximum atomic E-state index is 12.1. The number of hydrogen-bond donors (Lipinski definition) is 1. The standard InChI is InChI=1S/C20H30N2O3/c1-24-19-5-2-4-16(14-19)15-22-11-9-17(10-12-22)21-20(23)8-7-18-6-3-13-25-18/h2,4-5,14,17-18H,3,6-13,15H2,1H3,(H,21,23)/t18-/m1/s1. The van der Waals surface area contributed by atoms with Gasteiger partial charge in [-0.3, -0.25) is 9.69 Å². The van der Waals surface area contributed by atoms with Crippen molar-refractivity contribution in [3.8, 4) is 5.75 Å². The van der Waals surface area contributed by atoms with Gasteiger partial charge in [0.25, 0.3) is 0 Å². The molecule has 1 aromatic rings. The van der Waals surface area contributed by atoms with Gasteiger partial charge in [0.1, 0.15) is 5.75 Å². The second-order valence-electron chi connectivity index (χ2n) is 7.14. The average Bonchev–Trinajstić information content (AvgIpc) is 3.15. The molecule has 0 unspecified atom stereocenters. The van der Waals surface area contributed by atoms with Crippen LogP contribution in [0.4, 0.5) is 0 Å². The molecule has 1 N–H and O–H groups in total. The Hall–Kier alpha value is -1.59. The molecule has 5 heteroatoms. The molecule has 0 aliphatic carbocycles. The van der Waals surface area contributed by atoms with Crippen molar-refractivity contribution in [2.75, 3.05) is 26.8 Å². The lowest BCUT2D eigenvalue weighted by Crippen LogP contribution is -2.44. The van der Waals surface area contributed by atoms with Crippen molar-refractivity contribution in [1.82, 2.24) is 10.2 Å². The fraction of sp³-hybridized carbons (Fsp3) is 0.650. The number of carbonyl (C=O) groups is 1. The van der Waals surface area contributed by atoms with Gasteiger partial charge in [-0.15, -0.1) is 0 Å². The first-order valence-corrected chi connectivity index (χ1v) is 9.49. The lowest BCUT2D eigenvalue weighted by molar-refractivity contribution is -0.122. The number of carbonyl (C=O) groups excluding carboxylic acids is 1. The minimum absolute atomic E-state index is 0.182. The van der Waals surface area contributed by atoms with E-state index < -0.39 is 0 Å². The van der Waals surface area contributed by atoms with Gasteiger partial charge < -0.3 is 14.8 Å². The summed E-state index contributed by atoms with van der Waals surface area (Å²) in [5.74, 6) is 1.09. The minimum atomic E-state index is 0.182. The first kappa shape index (κ1) is 18.2. The number of nitrogens with zero attached hydrogens (tertiary/aromatic N) is 1. The molecular weight excluding hydrogens is 316 g/mol. The quantitative estimate of drug-likeness (QED) is 0.825. The Morgan fingerprint density at radius 2 is 2.16 bits per heavy atom. The van der Waals surface area contributed by atoms with Crippen LogP contribution in [-0.2, 0) is 16.1 Å². The average molecular weight is 346 g/mol. The van der Waals surface area contributed by atoms with Crippen LogP contribution in [0.15, 0.2) is 24.3 Å². The number of benzene rings is 1. The van der Waals surface area contributed by atoms with Crippen molar-refractivity contribution in [2.24, 2.45) is 0 Å². The topological polar surface area (TPSA) is 50.8 Å². The molecule has 3 rings (SSSR count). The van der Waals surface area contributed by atoms with Crippen LogP contribution in [0.3, 0.4) is 0 Å². The summed E-state index contributed by atoms with van der Waals surface area (Å²) in [4.78, 5) is 14.6. The molecular formula is C20H30N2O3. The van der Waals surface area contributed by atoms with Gasteiger partial charge in [-0.05, 0) is 49.8 Å². The smallest absolute Gasteiger partial charge is 0.220 e. The molecule has 1 amide bonds. The van der Waals surface area contributed by atoms with Gasteiger partial charge in [0.2, 0.25) is 5.91 Å². The van der Waals surface area contributed by atoms with Crippen LogP contribution in [0.2, 0.25) is 0 Å². The van der Waals surface area contributed by atoms with Gasteiger partial charge in [0, 0.05) is 38.7 Å². The summed E-state index contributed by atoms with van der Waals surface area (Å²) >= 11 is 0. The van der Waals surface area contributed by atoms with E-state index in [4.69, 9.17) is 9.47 Å². The largest absolute Gasteiger partial charge is 0.497 e. The molecule has 1 aromatic carbocycles. The molecule has 0 bridgehead atoms. The predicted octanol–water partition coefficient (Wildman–Crippen LogP) is 2.74. The van der Waals surface area contributed by atoms with Gasteiger partial charge in [-0.25, -0.2) is 0 Å². The van der Waals surface area contributed by atoms with Crippen molar-refractivity contribution < 1.29 is 14.3 Å². The van der Waals surface area contributed by atoms with Crippen LogP contribution in [0.5, 0.6) is 5.75 Å². The number of hydrogen-bond acceptors (Lipinski definition) is 4. The van der Waals surface area contributed by atoms with Gasteiger partial charge >= 0.3 is 0 Å². The van der Waals surface area contributed by atoms with E-state index >= 15 is 0 Å². The Bertz CT molecular complexity index is 550. The highest BCUT2D eigenvalue weighted by molar-refractivity contribution is 5.76. The summed E-state index contributed by atoms with van der Waals surface area (Å²) in [6, 6.07) is 8.57. The number of ether oxygens (including phenoxy) is 2. The first-order chi connectivity index (χ1) is 12.2. The summed E-state index contributed by atoms with van der Waals surface area (Å²) in [6.07, 6.45) is 6.05. The molecule has 0 spiro atoms. The van der Waals surface area contributed by atoms with Crippen molar-refractivity contribution in [2.45, 2.75) is 57.2 Å². The monoisotopic (exact) mass is 346 g/mol. The van der Waals surface area contributed by atoms with Crippen LogP contribution in [0, 0.1) is 0 Å². The number of methoxy groups -OCH3 is 1. The zero-order valence-corrected chi connectivity index (χ0v) is 15.2. The van der Waals surface area contributed by atoms with E-state index in [0.717, 1.165) is 64.1 Å². The zero-order chi connectivity index (χ0) is 17.5. The van der Waals surface area contributed by atoms with Gasteiger partial charge in [-0.1, -0.05) is 12.1 Å². The van der Waals surface area contributed by atoms with Crippen LogP contribution in [-0.4, -0.2) is 49.8 Å². The maximum absolute atomic E-state index is 12.1. The van der Waals surface area contributed by atoms with E-state index in [2.05, 4.69) is 22.3 Å². The normalized spacial score (nSPS) is 22.0. The van der Waals surface area contributed by atoms with Crippen LogP contribution >= 0.6 is 0 Å². The Morgan fingerprint density at radius 3 is 2.88 bits per heavy atom. The van der Waals surface area contributed by atoms with E-state index in [1.807, 2.05) is 12.1 Å². The van der Waals surface area contributed by atoms with Crippen LogP contribution in [0.25, 0.3) is 0 Å². The van der Waals surface area contributed by atoms with Gasteiger partial charge in [-0.2, -0.15) is 0 Å². The second-order valence-corrected chi connectivity index (χ2v) is 7.14. The summed E-state index contributed by atoms with van der Waals surface area (Å²) in [6.45, 7) is 3.84. The molecule has 2 fully saturated rings. The molecule has 0 aromatic heterocycles. The van der Waals surface area contributed by atoms with Crippen LogP contribution in [0.1, 0.15) is 44.1 Å². The molecule has 25 heavy (non-hydrogen) atoms. The Kier molecular flexibility index (Phi) is 6.70. The number of piperidine rings is 1. The van der Waals surface area contributed by atoms with Crippen molar-refractivity contribution >= 4 is 5.91 Å². The Balaban J connectivity index is 1.35. The SMILES string of the molecule is COc1cccc(CN2CCC(NC(=O)CC[C@H]3CCCO3)CC2)c1. The number of amides is 1. The first-order valence-electron chi connectivity index (χ1n) is 9.49. The summed E-state index contributed by atoms with van der Waals surface area (Å²) in [7, 11) is 1.70. The third-order valence-corrected chi connectivity index (χ3v) is 5.21. The van der Waals surface area contributed by atoms with Crippen molar-refractivity contribution in [1.29, 1.82) is 0 Å². The minimum Gasteiger partial charge on any atom is -0.497 e. The van der Waals surface area contributed by atoms with Gasteiger partial charge in [0.05, 0.1) is 13.2 Å². The number of rotatable bonds is 7. The molecule has 2 heterocycles. The van der Waals surface area contributed by atoms with Crippen molar-refractivity contribution in [3.63, 3.8) is 0 Å². The highest BCUT2D eigenvalue weighted by Gasteiger charge is 2.22. The third-order valence-electron chi connectivity index (χ3n) is 5.21. The van der Waals surface area contributed by atoms with E-state index in [0.29, 0.717) is 18.6 Å². The number of nitrogens with one attached hydrogen (secondary N) is 1. The molecule has 138 valence electrons. The van der Waals surface area contributed by atoms with E-state index in [1.165, 1.54) is 5.56 Å². The predicted molar refractivity (Wildman–Crippen MR) is 97.6 cm³/mol. The molecule has 2 saturated heterocycles. The molecule has 1 atom stereocenters. The zero-order valence-electron chi connectivity index (χ0n) is 15.2. The summed E-state index contributed by atoms with van der Waals surface area (Å²) < 4.78 is 10.9. The van der Waals surface area contributed by atoms with E-state index in [9.17, 15) is 4.79 Å². The second kappa shape index (κ2) is 9.20. The lowest BCUT2D eigenvalue weighted by atomic mass is 10.0. The molecule has 0 saturated carbocycles.